The standard InChI is InChI=1S/C16H13N3O4S2/c1-11-17-16(10-24-11)12-5-7-13(8-6-12)18-25(22,23)15-4-2-3-14(9-15)19(20)21/h2-10,18H,1H3. The van der Waals surface area contributed by atoms with Gasteiger partial charge >= 0.3 is 0 Å². The number of hydrogen-bond donors (Lipinski definition) is 1. The van der Waals surface area contributed by atoms with E-state index in [2.05, 4.69) is 9.71 Å². The molecule has 1 aromatic heterocycles. The van der Waals surface area contributed by atoms with Crippen molar-refractivity contribution in [2.24, 2.45) is 0 Å². The fourth-order valence-electron chi connectivity index (χ4n) is 2.18. The van der Waals surface area contributed by atoms with Gasteiger partial charge in [-0.3, -0.25) is 14.8 Å². The van der Waals surface area contributed by atoms with Crippen molar-refractivity contribution in [3.05, 3.63) is 69.0 Å². The second-order valence-electron chi connectivity index (χ2n) is 5.19. The van der Waals surface area contributed by atoms with Gasteiger partial charge in [-0.05, 0) is 25.1 Å². The van der Waals surface area contributed by atoms with Crippen LogP contribution in [0, 0.1) is 17.0 Å². The van der Waals surface area contributed by atoms with Crippen LogP contribution in [-0.2, 0) is 10.0 Å². The summed E-state index contributed by atoms with van der Waals surface area (Å²) in [6.07, 6.45) is 0. The Morgan fingerprint density at radius 1 is 1.16 bits per heavy atom. The first-order valence-electron chi connectivity index (χ1n) is 7.15. The summed E-state index contributed by atoms with van der Waals surface area (Å²) in [5.74, 6) is 0. The minimum Gasteiger partial charge on any atom is -0.280 e. The monoisotopic (exact) mass is 375 g/mol. The predicted octanol–water partition coefficient (Wildman–Crippen LogP) is 3.83. The largest absolute Gasteiger partial charge is 0.280 e. The lowest BCUT2D eigenvalue weighted by molar-refractivity contribution is -0.385. The van der Waals surface area contributed by atoms with Crippen LogP contribution >= 0.6 is 11.3 Å². The van der Waals surface area contributed by atoms with Gasteiger partial charge in [0.25, 0.3) is 15.7 Å². The van der Waals surface area contributed by atoms with Crippen molar-refractivity contribution >= 4 is 32.7 Å². The molecule has 0 amide bonds. The number of benzene rings is 2. The number of rotatable bonds is 5. The zero-order chi connectivity index (χ0) is 18.0. The lowest BCUT2D eigenvalue weighted by atomic mass is 10.1. The number of thiazole rings is 1. The average Bonchev–Trinajstić information content (AvgIpc) is 3.02. The highest BCUT2D eigenvalue weighted by molar-refractivity contribution is 7.92. The molecule has 0 radical (unpaired) electrons. The number of anilines is 1. The van der Waals surface area contributed by atoms with E-state index in [9.17, 15) is 18.5 Å². The summed E-state index contributed by atoms with van der Waals surface area (Å²) in [7, 11) is -3.91. The van der Waals surface area contributed by atoms with Crippen LogP contribution in [0.4, 0.5) is 11.4 Å². The first-order valence-corrected chi connectivity index (χ1v) is 9.51. The molecule has 1 N–H and O–H groups in total. The van der Waals surface area contributed by atoms with E-state index in [0.29, 0.717) is 5.69 Å². The molecule has 0 aliphatic rings. The summed E-state index contributed by atoms with van der Waals surface area (Å²) in [6, 6.07) is 11.7. The molecule has 0 atom stereocenters. The molecule has 0 bridgehead atoms. The topological polar surface area (TPSA) is 102 Å². The van der Waals surface area contributed by atoms with Crippen LogP contribution in [0.3, 0.4) is 0 Å². The highest BCUT2D eigenvalue weighted by Gasteiger charge is 2.17. The smallest absolute Gasteiger partial charge is 0.270 e. The predicted molar refractivity (Wildman–Crippen MR) is 96.2 cm³/mol. The van der Waals surface area contributed by atoms with Crippen LogP contribution in [0.15, 0.2) is 58.8 Å². The van der Waals surface area contributed by atoms with Crippen molar-refractivity contribution in [1.82, 2.24) is 4.98 Å². The quantitative estimate of drug-likeness (QED) is 0.539. The Bertz CT molecular complexity index is 1030. The fourth-order valence-corrected chi connectivity index (χ4v) is 3.90. The van der Waals surface area contributed by atoms with E-state index < -0.39 is 14.9 Å². The van der Waals surface area contributed by atoms with Gasteiger partial charge in [0.2, 0.25) is 0 Å². The van der Waals surface area contributed by atoms with E-state index in [1.54, 1.807) is 24.3 Å². The summed E-state index contributed by atoms with van der Waals surface area (Å²) >= 11 is 1.54. The lowest BCUT2D eigenvalue weighted by Gasteiger charge is -2.08. The van der Waals surface area contributed by atoms with Crippen molar-refractivity contribution in [2.75, 3.05) is 4.72 Å². The van der Waals surface area contributed by atoms with E-state index in [4.69, 9.17) is 0 Å². The molecule has 128 valence electrons. The van der Waals surface area contributed by atoms with E-state index in [-0.39, 0.29) is 10.6 Å². The molecule has 0 aliphatic heterocycles. The van der Waals surface area contributed by atoms with Crippen molar-refractivity contribution in [3.8, 4) is 11.3 Å². The molecule has 3 aromatic rings. The summed E-state index contributed by atoms with van der Waals surface area (Å²) in [4.78, 5) is 14.4. The van der Waals surface area contributed by atoms with Crippen LogP contribution in [0.25, 0.3) is 11.3 Å². The minimum atomic E-state index is -3.91. The van der Waals surface area contributed by atoms with Gasteiger partial charge in [0.05, 0.1) is 20.5 Å². The van der Waals surface area contributed by atoms with E-state index in [1.807, 2.05) is 12.3 Å². The molecule has 0 aliphatic carbocycles. The van der Waals surface area contributed by atoms with Crippen molar-refractivity contribution in [1.29, 1.82) is 0 Å². The molecule has 0 saturated carbocycles. The highest BCUT2D eigenvalue weighted by atomic mass is 32.2. The maximum Gasteiger partial charge on any atom is 0.270 e. The van der Waals surface area contributed by atoms with E-state index in [1.165, 1.54) is 29.5 Å². The van der Waals surface area contributed by atoms with Gasteiger partial charge in [-0.1, -0.05) is 18.2 Å². The van der Waals surface area contributed by atoms with Crippen molar-refractivity contribution in [2.45, 2.75) is 11.8 Å². The zero-order valence-corrected chi connectivity index (χ0v) is 14.7. The number of nitrogens with one attached hydrogen (secondary N) is 1. The van der Waals surface area contributed by atoms with Crippen LogP contribution in [0.2, 0.25) is 0 Å². The second kappa shape index (κ2) is 6.61. The zero-order valence-electron chi connectivity index (χ0n) is 13.0. The van der Waals surface area contributed by atoms with E-state index >= 15 is 0 Å². The lowest BCUT2D eigenvalue weighted by Crippen LogP contribution is -2.13. The molecular formula is C16H13N3O4S2. The number of aryl methyl sites for hydroxylation is 1. The van der Waals surface area contributed by atoms with Crippen LogP contribution in [-0.4, -0.2) is 18.3 Å². The van der Waals surface area contributed by atoms with E-state index in [0.717, 1.165) is 22.3 Å². The number of nitro benzene ring substituents is 1. The van der Waals surface area contributed by atoms with Gasteiger partial charge < -0.3 is 0 Å². The first kappa shape index (κ1) is 17.1. The maximum absolute atomic E-state index is 12.4. The van der Waals surface area contributed by atoms with Gasteiger partial charge in [0, 0.05) is 28.8 Å². The molecule has 25 heavy (non-hydrogen) atoms. The van der Waals surface area contributed by atoms with Gasteiger partial charge in [-0.2, -0.15) is 0 Å². The Hall–Kier alpha value is -2.78. The fraction of sp³-hybridized carbons (Fsp3) is 0.0625. The first-order chi connectivity index (χ1) is 11.8. The Kier molecular flexibility index (Phi) is 4.51. The number of aromatic nitrogens is 1. The number of sulfonamides is 1. The number of nitro groups is 1. The molecule has 0 fully saturated rings. The molecule has 2 aromatic carbocycles. The minimum absolute atomic E-state index is 0.166. The number of non-ortho nitro benzene ring substituents is 1. The molecular weight excluding hydrogens is 362 g/mol. The Morgan fingerprint density at radius 2 is 1.88 bits per heavy atom. The van der Waals surface area contributed by atoms with Crippen molar-refractivity contribution in [3.63, 3.8) is 0 Å². The second-order valence-corrected chi connectivity index (χ2v) is 7.93. The summed E-state index contributed by atoms with van der Waals surface area (Å²) in [5, 5.41) is 13.7. The van der Waals surface area contributed by atoms with Gasteiger partial charge in [-0.15, -0.1) is 11.3 Å². The van der Waals surface area contributed by atoms with Crippen LogP contribution in [0.1, 0.15) is 5.01 Å². The molecule has 1 heterocycles. The maximum atomic E-state index is 12.4. The van der Waals surface area contributed by atoms with Crippen molar-refractivity contribution < 1.29 is 13.3 Å². The third-order valence-electron chi connectivity index (χ3n) is 3.39. The van der Waals surface area contributed by atoms with Gasteiger partial charge in [0.1, 0.15) is 0 Å². The Balaban J connectivity index is 1.83. The SMILES string of the molecule is Cc1nc(-c2ccc(NS(=O)(=O)c3cccc([N+](=O)[O-])c3)cc2)cs1. The number of hydrogen-bond acceptors (Lipinski definition) is 6. The third kappa shape index (κ3) is 3.83. The molecule has 9 heteroatoms. The molecule has 0 spiro atoms. The highest BCUT2D eigenvalue weighted by Crippen LogP contribution is 2.25. The number of nitrogens with zero attached hydrogens (tertiary/aromatic N) is 2. The van der Waals surface area contributed by atoms with Crippen LogP contribution < -0.4 is 4.72 Å². The average molecular weight is 375 g/mol. The summed E-state index contributed by atoms with van der Waals surface area (Å²) < 4.78 is 27.2. The molecule has 0 saturated heterocycles. The molecule has 0 unspecified atom stereocenters. The Labute approximate surface area is 148 Å². The third-order valence-corrected chi connectivity index (χ3v) is 5.54. The molecule has 7 nitrogen and oxygen atoms in total. The molecule has 3 rings (SSSR count). The van der Waals surface area contributed by atoms with Gasteiger partial charge in [-0.25, -0.2) is 13.4 Å². The van der Waals surface area contributed by atoms with Crippen LogP contribution in [0.5, 0.6) is 0 Å². The van der Waals surface area contributed by atoms with Gasteiger partial charge in [0.15, 0.2) is 0 Å². The summed E-state index contributed by atoms with van der Waals surface area (Å²) in [5.41, 5.74) is 1.79. The normalized spacial score (nSPS) is 11.2. The Morgan fingerprint density at radius 3 is 2.48 bits per heavy atom. The summed E-state index contributed by atoms with van der Waals surface area (Å²) in [6.45, 7) is 1.91.